The van der Waals surface area contributed by atoms with Crippen molar-refractivity contribution in [3.63, 3.8) is 0 Å². The van der Waals surface area contributed by atoms with Crippen LogP contribution in [0.1, 0.15) is 15.9 Å². The number of ether oxygens (including phenoxy) is 1. The zero-order valence-corrected chi connectivity index (χ0v) is 19.1. The topological polar surface area (TPSA) is 64.4 Å². The highest BCUT2D eigenvalue weighted by molar-refractivity contribution is 9.10. The Labute approximate surface area is 193 Å². The van der Waals surface area contributed by atoms with E-state index in [9.17, 15) is 4.79 Å². The van der Waals surface area contributed by atoms with Crippen molar-refractivity contribution in [1.29, 1.82) is 0 Å². The summed E-state index contributed by atoms with van der Waals surface area (Å²) in [4.78, 5) is 17.8. The number of amides is 1. The fourth-order valence-electron chi connectivity index (χ4n) is 3.73. The number of hydrogen-bond donors (Lipinski definition) is 1. The number of hydrogen-bond acceptors (Lipinski definition) is 4. The van der Waals surface area contributed by atoms with E-state index in [1.54, 1.807) is 7.11 Å². The number of nitrogens with one attached hydrogen (secondary N) is 1. The van der Waals surface area contributed by atoms with Crippen LogP contribution >= 0.6 is 15.9 Å². The highest BCUT2D eigenvalue weighted by atomic mass is 79.9. The van der Waals surface area contributed by atoms with E-state index in [1.165, 1.54) is 0 Å². The number of methoxy groups -OCH3 is 1. The molecular weight excluding hydrogens is 468 g/mol. The Morgan fingerprint density at radius 1 is 1.03 bits per heavy atom. The Balaban J connectivity index is 1.53. The van der Waals surface area contributed by atoms with Gasteiger partial charge in [-0.25, -0.2) is 4.98 Å². The molecule has 6 heteroatoms. The number of carbonyl (C=O) groups excluding carboxylic acids is 1. The van der Waals surface area contributed by atoms with Crippen LogP contribution in [0.2, 0.25) is 0 Å². The lowest BCUT2D eigenvalue weighted by Crippen LogP contribution is -2.14. The average molecular weight is 487 g/mol. The second kappa shape index (κ2) is 8.13. The molecule has 5 aromatic rings. The second-order valence-electron chi connectivity index (χ2n) is 7.46. The molecule has 0 aliphatic heterocycles. The van der Waals surface area contributed by atoms with Gasteiger partial charge in [-0.3, -0.25) is 4.79 Å². The first-order chi connectivity index (χ1) is 15.5. The number of rotatable bonds is 4. The molecule has 1 N–H and O–H groups in total. The summed E-state index contributed by atoms with van der Waals surface area (Å²) in [6.45, 7) is 1.94. The van der Waals surface area contributed by atoms with Gasteiger partial charge in [0.25, 0.3) is 5.91 Å². The van der Waals surface area contributed by atoms with Crippen LogP contribution in [0.3, 0.4) is 0 Å². The predicted octanol–water partition coefficient (Wildman–Crippen LogP) is 6.98. The van der Waals surface area contributed by atoms with E-state index in [4.69, 9.17) is 9.15 Å². The minimum atomic E-state index is -0.258. The monoisotopic (exact) mass is 486 g/mol. The average Bonchev–Trinajstić information content (AvgIpc) is 3.25. The largest absolute Gasteiger partial charge is 0.495 e. The van der Waals surface area contributed by atoms with Gasteiger partial charge in [0.05, 0.1) is 17.1 Å². The maximum Gasteiger partial charge on any atom is 0.259 e. The van der Waals surface area contributed by atoms with Crippen molar-refractivity contribution < 1.29 is 13.9 Å². The first-order valence-corrected chi connectivity index (χ1v) is 10.9. The van der Waals surface area contributed by atoms with Gasteiger partial charge in [-0.1, -0.05) is 42.5 Å². The van der Waals surface area contributed by atoms with Crippen LogP contribution in [-0.4, -0.2) is 18.0 Å². The number of halogens is 1. The van der Waals surface area contributed by atoms with Crippen molar-refractivity contribution in [2.45, 2.75) is 6.92 Å². The van der Waals surface area contributed by atoms with E-state index >= 15 is 0 Å². The summed E-state index contributed by atoms with van der Waals surface area (Å²) in [7, 11) is 1.56. The number of aromatic nitrogens is 1. The molecule has 0 bridgehead atoms. The molecule has 1 heterocycles. The van der Waals surface area contributed by atoms with Crippen LogP contribution in [0, 0.1) is 6.92 Å². The number of anilines is 1. The third-order valence-electron chi connectivity index (χ3n) is 5.42. The van der Waals surface area contributed by atoms with Crippen molar-refractivity contribution in [2.75, 3.05) is 12.4 Å². The molecule has 0 saturated heterocycles. The molecule has 32 heavy (non-hydrogen) atoms. The lowest BCUT2D eigenvalue weighted by molar-refractivity contribution is 0.102. The minimum Gasteiger partial charge on any atom is -0.495 e. The normalized spacial score (nSPS) is 11.1. The molecule has 0 radical (unpaired) electrons. The Morgan fingerprint density at radius 2 is 1.81 bits per heavy atom. The molecule has 158 valence electrons. The maximum absolute atomic E-state index is 13.3. The van der Waals surface area contributed by atoms with Gasteiger partial charge in [-0.05, 0) is 69.5 Å². The lowest BCUT2D eigenvalue weighted by atomic mass is 10.0. The zero-order valence-electron chi connectivity index (χ0n) is 17.5. The van der Waals surface area contributed by atoms with E-state index < -0.39 is 0 Å². The van der Waals surface area contributed by atoms with Gasteiger partial charge in [0.15, 0.2) is 5.58 Å². The Morgan fingerprint density at radius 3 is 2.62 bits per heavy atom. The summed E-state index contributed by atoms with van der Waals surface area (Å²) in [5.41, 5.74) is 4.36. The molecule has 0 unspecified atom stereocenters. The molecule has 0 fully saturated rings. The molecule has 5 rings (SSSR count). The third-order valence-corrected chi connectivity index (χ3v) is 6.20. The summed E-state index contributed by atoms with van der Waals surface area (Å²) < 4.78 is 12.2. The second-order valence-corrected chi connectivity index (χ2v) is 8.26. The van der Waals surface area contributed by atoms with Crippen molar-refractivity contribution in [1.82, 2.24) is 4.98 Å². The first-order valence-electron chi connectivity index (χ1n) is 10.1. The fourth-order valence-corrected chi connectivity index (χ4v) is 4.46. The van der Waals surface area contributed by atoms with Crippen LogP contribution in [0.25, 0.3) is 33.3 Å². The van der Waals surface area contributed by atoms with E-state index in [0.717, 1.165) is 37.5 Å². The molecule has 0 atom stereocenters. The first kappa shape index (κ1) is 20.3. The van der Waals surface area contributed by atoms with Gasteiger partial charge < -0.3 is 14.5 Å². The summed E-state index contributed by atoms with van der Waals surface area (Å²) >= 11 is 3.59. The number of fused-ring (bicyclic) bond motifs is 2. The van der Waals surface area contributed by atoms with Crippen LogP contribution in [0.4, 0.5) is 5.69 Å². The van der Waals surface area contributed by atoms with Crippen LogP contribution in [0.15, 0.2) is 81.7 Å². The van der Waals surface area contributed by atoms with E-state index in [2.05, 4.69) is 26.2 Å². The number of nitrogens with zero attached hydrogens (tertiary/aromatic N) is 1. The Kier molecular flexibility index (Phi) is 5.15. The van der Waals surface area contributed by atoms with Crippen LogP contribution < -0.4 is 10.1 Å². The summed E-state index contributed by atoms with van der Waals surface area (Å²) in [5.74, 6) is 0.743. The van der Waals surface area contributed by atoms with Crippen LogP contribution in [0.5, 0.6) is 5.75 Å². The molecule has 0 spiro atoms. The predicted molar refractivity (Wildman–Crippen MR) is 130 cm³/mol. The number of aryl methyl sites for hydroxylation is 1. The number of oxazole rings is 1. The molecule has 0 aliphatic carbocycles. The van der Waals surface area contributed by atoms with Gasteiger partial charge in [-0.2, -0.15) is 0 Å². The van der Waals surface area contributed by atoms with E-state index in [1.807, 2.05) is 79.7 Å². The number of carbonyl (C=O) groups is 1. The molecule has 1 amide bonds. The summed E-state index contributed by atoms with van der Waals surface area (Å²) in [5, 5.41) is 4.96. The van der Waals surface area contributed by atoms with Crippen molar-refractivity contribution in [2.24, 2.45) is 0 Å². The molecule has 0 saturated carbocycles. The zero-order chi connectivity index (χ0) is 22.2. The van der Waals surface area contributed by atoms with Crippen LogP contribution in [-0.2, 0) is 0 Å². The lowest BCUT2D eigenvalue weighted by Gasteiger charge is -2.15. The van der Waals surface area contributed by atoms with Gasteiger partial charge in [-0.15, -0.1) is 0 Å². The standard InChI is InChI=1S/C26H19BrN2O3/c1-15-11-12-17(26-29-20-9-5-6-10-22(20)32-26)14-21(15)28-25(30)19-13-16-7-3-4-8-18(16)23(27)24(19)31-2/h3-14H,1-2H3,(H,28,30). The van der Waals surface area contributed by atoms with Gasteiger partial charge >= 0.3 is 0 Å². The SMILES string of the molecule is COc1c(C(=O)Nc2cc(-c3nc4ccccc4o3)ccc2C)cc2ccccc2c1Br. The minimum absolute atomic E-state index is 0.258. The number of benzene rings is 4. The quantitative estimate of drug-likeness (QED) is 0.297. The number of para-hydroxylation sites is 2. The third kappa shape index (κ3) is 3.52. The fraction of sp³-hybridized carbons (Fsp3) is 0.0769. The van der Waals surface area contributed by atoms with Gasteiger partial charge in [0.2, 0.25) is 5.89 Å². The van der Waals surface area contributed by atoms with E-state index in [0.29, 0.717) is 22.9 Å². The maximum atomic E-state index is 13.3. The summed E-state index contributed by atoms with van der Waals surface area (Å²) in [6, 6.07) is 23.1. The molecule has 0 aliphatic rings. The van der Waals surface area contributed by atoms with Crippen molar-refractivity contribution >= 4 is 49.4 Å². The molecule has 4 aromatic carbocycles. The highest BCUT2D eigenvalue weighted by Crippen LogP contribution is 2.37. The summed E-state index contributed by atoms with van der Waals surface area (Å²) in [6.07, 6.45) is 0. The molecular formula is C26H19BrN2O3. The Hall–Kier alpha value is -3.64. The van der Waals surface area contributed by atoms with Gasteiger partial charge in [0.1, 0.15) is 11.3 Å². The van der Waals surface area contributed by atoms with E-state index in [-0.39, 0.29) is 5.91 Å². The molecule has 1 aromatic heterocycles. The smallest absolute Gasteiger partial charge is 0.259 e. The molecule has 5 nitrogen and oxygen atoms in total. The highest BCUT2D eigenvalue weighted by Gasteiger charge is 2.19. The van der Waals surface area contributed by atoms with Crippen molar-refractivity contribution in [3.05, 3.63) is 88.4 Å². The van der Waals surface area contributed by atoms with Gasteiger partial charge in [0, 0.05) is 11.3 Å². The Bertz CT molecular complexity index is 1460. The van der Waals surface area contributed by atoms with Crippen molar-refractivity contribution in [3.8, 4) is 17.2 Å².